The summed E-state index contributed by atoms with van der Waals surface area (Å²) < 4.78 is 2.50. The Hall–Kier alpha value is -7.68. The zero-order valence-electron chi connectivity index (χ0n) is 31.8. The maximum absolute atomic E-state index is 2.50. The predicted molar refractivity (Wildman–Crippen MR) is 247 cm³/mol. The second kappa shape index (κ2) is 14.1. The second-order valence-corrected chi connectivity index (χ2v) is 14.9. The van der Waals surface area contributed by atoms with E-state index in [0.717, 1.165) is 28.3 Å². The molecule has 0 fully saturated rings. The van der Waals surface area contributed by atoms with E-state index in [2.05, 4.69) is 240 Å². The largest absolute Gasteiger partial charge is 0.310 e. The average molecular weight is 739 g/mol. The van der Waals surface area contributed by atoms with Crippen molar-refractivity contribution in [3.63, 3.8) is 0 Å². The number of aromatic nitrogens is 1. The molecule has 0 bridgehead atoms. The summed E-state index contributed by atoms with van der Waals surface area (Å²) in [4.78, 5) is 2.40. The third-order valence-corrected chi connectivity index (χ3v) is 11.5. The minimum Gasteiger partial charge on any atom is -0.310 e. The quantitative estimate of drug-likeness (QED) is 0.158. The van der Waals surface area contributed by atoms with E-state index in [0.29, 0.717) is 0 Å². The first-order chi connectivity index (χ1) is 28.8. The maximum Gasteiger partial charge on any atom is 0.0562 e. The lowest BCUT2D eigenvalue weighted by molar-refractivity contribution is 1.18. The standard InChI is InChI=1S/C56H38N2/c1-3-18-41(19-4-1)48-24-11-13-27-52(48)57(46-22-5-2-6-23-46)47-34-35-51-50-25-12-14-28-53(50)58(55(51)38-47)54-29-15-26-49(44-32-30-39-16-7-9-20-42(39)36-44)56(54)45-33-31-40-17-8-10-21-43(40)37-45/h1-38H. The molecular formula is C56H38N2. The topological polar surface area (TPSA) is 8.17 Å². The molecule has 0 aliphatic carbocycles. The van der Waals surface area contributed by atoms with Crippen LogP contribution in [-0.2, 0) is 0 Å². The molecule has 11 rings (SSSR count). The van der Waals surface area contributed by atoms with Gasteiger partial charge in [-0.15, -0.1) is 0 Å². The highest BCUT2D eigenvalue weighted by molar-refractivity contribution is 6.12. The summed E-state index contributed by atoms with van der Waals surface area (Å²) in [6.45, 7) is 0. The molecule has 0 spiro atoms. The van der Waals surface area contributed by atoms with Crippen LogP contribution in [0.2, 0.25) is 0 Å². The number of para-hydroxylation sites is 3. The van der Waals surface area contributed by atoms with Crippen LogP contribution in [-0.4, -0.2) is 4.57 Å². The number of benzene rings is 10. The van der Waals surface area contributed by atoms with E-state index in [1.165, 1.54) is 71.2 Å². The Balaban J connectivity index is 1.20. The van der Waals surface area contributed by atoms with Crippen molar-refractivity contribution < 1.29 is 0 Å². The molecule has 2 heteroatoms. The summed E-state index contributed by atoms with van der Waals surface area (Å²) in [5.74, 6) is 0. The lowest BCUT2D eigenvalue weighted by Crippen LogP contribution is -2.11. The Morgan fingerprint density at radius 3 is 1.67 bits per heavy atom. The molecule has 58 heavy (non-hydrogen) atoms. The van der Waals surface area contributed by atoms with E-state index < -0.39 is 0 Å². The van der Waals surface area contributed by atoms with Crippen molar-refractivity contribution in [2.75, 3.05) is 4.90 Å². The third-order valence-electron chi connectivity index (χ3n) is 11.5. The monoisotopic (exact) mass is 738 g/mol. The number of nitrogens with zero attached hydrogens (tertiary/aromatic N) is 2. The van der Waals surface area contributed by atoms with Crippen LogP contribution >= 0.6 is 0 Å². The number of fused-ring (bicyclic) bond motifs is 5. The molecule has 11 aromatic rings. The Bertz CT molecular complexity index is 3290. The second-order valence-electron chi connectivity index (χ2n) is 14.9. The van der Waals surface area contributed by atoms with E-state index in [-0.39, 0.29) is 0 Å². The Morgan fingerprint density at radius 1 is 0.310 bits per heavy atom. The van der Waals surface area contributed by atoms with Crippen LogP contribution in [0, 0.1) is 0 Å². The van der Waals surface area contributed by atoms with Gasteiger partial charge in [-0.1, -0.05) is 176 Å². The van der Waals surface area contributed by atoms with Gasteiger partial charge in [-0.25, -0.2) is 0 Å². The summed E-state index contributed by atoms with van der Waals surface area (Å²) in [5.41, 5.74) is 13.9. The summed E-state index contributed by atoms with van der Waals surface area (Å²) in [5, 5.41) is 7.35. The number of rotatable bonds is 7. The zero-order chi connectivity index (χ0) is 38.4. The number of hydrogen-bond acceptors (Lipinski definition) is 1. The van der Waals surface area contributed by atoms with E-state index in [1.54, 1.807) is 0 Å². The van der Waals surface area contributed by atoms with Gasteiger partial charge in [0.15, 0.2) is 0 Å². The summed E-state index contributed by atoms with van der Waals surface area (Å²) in [7, 11) is 0. The van der Waals surface area contributed by atoms with Gasteiger partial charge in [0.25, 0.3) is 0 Å². The number of anilines is 3. The van der Waals surface area contributed by atoms with Gasteiger partial charge in [0.1, 0.15) is 0 Å². The first kappa shape index (κ1) is 33.6. The molecule has 0 aliphatic heterocycles. The summed E-state index contributed by atoms with van der Waals surface area (Å²) in [6, 6.07) is 83.9. The first-order valence-corrected chi connectivity index (χ1v) is 19.9. The van der Waals surface area contributed by atoms with Crippen LogP contribution in [0.1, 0.15) is 0 Å². The maximum atomic E-state index is 2.50. The zero-order valence-corrected chi connectivity index (χ0v) is 31.8. The van der Waals surface area contributed by atoms with Crippen molar-refractivity contribution in [1.82, 2.24) is 4.57 Å². The minimum absolute atomic E-state index is 1.09. The Labute approximate surface area is 338 Å². The molecule has 0 saturated heterocycles. The van der Waals surface area contributed by atoms with Gasteiger partial charge in [0, 0.05) is 33.3 Å². The molecular weight excluding hydrogens is 701 g/mol. The Kier molecular flexibility index (Phi) is 8.19. The van der Waals surface area contributed by atoms with Crippen molar-refractivity contribution in [1.29, 1.82) is 0 Å². The lowest BCUT2D eigenvalue weighted by Gasteiger charge is -2.28. The lowest BCUT2D eigenvalue weighted by atomic mass is 9.90. The van der Waals surface area contributed by atoms with Gasteiger partial charge in [-0.05, 0) is 98.4 Å². The first-order valence-electron chi connectivity index (χ1n) is 19.9. The van der Waals surface area contributed by atoms with E-state index in [9.17, 15) is 0 Å². The molecule has 10 aromatic carbocycles. The molecule has 0 aliphatic rings. The molecule has 1 aromatic heterocycles. The summed E-state index contributed by atoms with van der Waals surface area (Å²) in [6.07, 6.45) is 0. The van der Waals surface area contributed by atoms with E-state index >= 15 is 0 Å². The molecule has 0 N–H and O–H groups in total. The van der Waals surface area contributed by atoms with E-state index in [1.807, 2.05) is 0 Å². The van der Waals surface area contributed by atoms with Crippen LogP contribution in [0.5, 0.6) is 0 Å². The normalized spacial score (nSPS) is 11.4. The molecule has 0 unspecified atom stereocenters. The molecule has 0 amide bonds. The fourth-order valence-electron chi connectivity index (χ4n) is 8.86. The molecule has 272 valence electrons. The highest BCUT2D eigenvalue weighted by Gasteiger charge is 2.22. The van der Waals surface area contributed by atoms with Crippen LogP contribution in [0.3, 0.4) is 0 Å². The molecule has 0 atom stereocenters. The van der Waals surface area contributed by atoms with Crippen molar-refractivity contribution in [2.24, 2.45) is 0 Å². The molecule has 0 radical (unpaired) electrons. The summed E-state index contributed by atoms with van der Waals surface area (Å²) >= 11 is 0. The molecule has 0 saturated carbocycles. The van der Waals surface area contributed by atoms with Crippen molar-refractivity contribution in [3.05, 3.63) is 231 Å². The highest BCUT2D eigenvalue weighted by Crippen LogP contribution is 2.45. The van der Waals surface area contributed by atoms with Crippen molar-refractivity contribution in [3.8, 4) is 39.1 Å². The minimum atomic E-state index is 1.09. The van der Waals surface area contributed by atoms with Gasteiger partial charge in [0.05, 0.1) is 22.4 Å². The van der Waals surface area contributed by atoms with Crippen LogP contribution in [0.15, 0.2) is 231 Å². The third kappa shape index (κ3) is 5.74. The SMILES string of the molecule is c1ccc(-c2ccccc2N(c2ccccc2)c2ccc3c4ccccc4n(-c4cccc(-c5ccc6ccccc6c5)c4-c4ccc5ccccc5c4)c3c2)cc1. The van der Waals surface area contributed by atoms with E-state index in [4.69, 9.17) is 0 Å². The van der Waals surface area contributed by atoms with Gasteiger partial charge >= 0.3 is 0 Å². The smallest absolute Gasteiger partial charge is 0.0562 e. The fourth-order valence-corrected chi connectivity index (χ4v) is 8.86. The van der Waals surface area contributed by atoms with Crippen molar-refractivity contribution >= 4 is 60.4 Å². The van der Waals surface area contributed by atoms with Crippen molar-refractivity contribution in [2.45, 2.75) is 0 Å². The average Bonchev–Trinajstić information content (AvgIpc) is 3.63. The fraction of sp³-hybridized carbons (Fsp3) is 0. The van der Waals surface area contributed by atoms with Crippen LogP contribution in [0.4, 0.5) is 17.1 Å². The van der Waals surface area contributed by atoms with Gasteiger partial charge in [-0.2, -0.15) is 0 Å². The van der Waals surface area contributed by atoms with Gasteiger partial charge in [0.2, 0.25) is 0 Å². The highest BCUT2D eigenvalue weighted by atomic mass is 15.1. The van der Waals surface area contributed by atoms with Gasteiger partial charge in [-0.3, -0.25) is 0 Å². The van der Waals surface area contributed by atoms with Gasteiger partial charge < -0.3 is 9.47 Å². The number of hydrogen-bond donors (Lipinski definition) is 0. The molecule has 2 nitrogen and oxygen atoms in total. The van der Waals surface area contributed by atoms with Crippen LogP contribution in [0.25, 0.3) is 82.4 Å². The predicted octanol–water partition coefficient (Wildman–Crippen LogP) is 15.6. The van der Waals surface area contributed by atoms with Crippen LogP contribution < -0.4 is 4.90 Å². The Morgan fingerprint density at radius 2 is 0.897 bits per heavy atom. The molecule has 1 heterocycles.